The summed E-state index contributed by atoms with van der Waals surface area (Å²) in [5.41, 5.74) is 0.217. The van der Waals surface area contributed by atoms with Gasteiger partial charge in [-0.15, -0.1) is 0 Å². The van der Waals surface area contributed by atoms with Crippen LogP contribution in [-0.4, -0.2) is 17.1 Å². The first-order valence-electron chi connectivity index (χ1n) is 3.88. The van der Waals surface area contributed by atoms with Crippen LogP contribution in [0.1, 0.15) is 24.5 Å². The van der Waals surface area contributed by atoms with E-state index in [1.165, 1.54) is 13.2 Å². The van der Waals surface area contributed by atoms with Crippen LogP contribution in [-0.2, 0) is 10.9 Å². The Bertz CT molecular complexity index is 314. The second kappa shape index (κ2) is 3.91. The van der Waals surface area contributed by atoms with E-state index in [1.807, 2.05) is 0 Å². The van der Waals surface area contributed by atoms with Gasteiger partial charge < -0.3 is 4.74 Å². The van der Waals surface area contributed by atoms with Gasteiger partial charge in [-0.25, -0.2) is 9.97 Å². The fourth-order valence-corrected chi connectivity index (χ4v) is 0.856. The summed E-state index contributed by atoms with van der Waals surface area (Å²) in [6, 6.07) is 1.39. The Balaban J connectivity index is 3.01. The molecule has 1 rings (SSSR count). The molecule has 0 saturated heterocycles. The first kappa shape index (κ1) is 10.9. The summed E-state index contributed by atoms with van der Waals surface area (Å²) in [7, 11) is 1.40. The van der Waals surface area contributed by atoms with Crippen LogP contribution in [0, 0.1) is 0 Å². The van der Waals surface area contributed by atoms with E-state index in [9.17, 15) is 13.2 Å². The molecule has 0 radical (unpaired) electrons. The molecule has 6 heteroatoms. The molecule has 1 unspecified atom stereocenters. The minimum Gasteiger partial charge on any atom is -0.375 e. The Hall–Kier alpha value is -1.17. The first-order valence-corrected chi connectivity index (χ1v) is 3.88. The molecule has 1 aromatic heterocycles. The Morgan fingerprint density at radius 1 is 1.43 bits per heavy atom. The van der Waals surface area contributed by atoms with Crippen molar-refractivity contribution in [2.45, 2.75) is 19.2 Å². The number of alkyl halides is 3. The van der Waals surface area contributed by atoms with E-state index in [-0.39, 0.29) is 5.69 Å². The van der Waals surface area contributed by atoms with Crippen molar-refractivity contribution in [3.8, 4) is 0 Å². The van der Waals surface area contributed by atoms with E-state index < -0.39 is 18.1 Å². The zero-order chi connectivity index (χ0) is 10.8. The number of methoxy groups -OCH3 is 1. The molecule has 1 atom stereocenters. The molecule has 0 aliphatic carbocycles. The molecule has 0 aliphatic heterocycles. The predicted octanol–water partition coefficient (Wildman–Crippen LogP) is 2.20. The minimum atomic E-state index is -4.51. The van der Waals surface area contributed by atoms with Crippen molar-refractivity contribution < 1.29 is 17.9 Å². The minimum absolute atomic E-state index is 0.217. The van der Waals surface area contributed by atoms with E-state index >= 15 is 0 Å². The zero-order valence-corrected chi connectivity index (χ0v) is 7.67. The van der Waals surface area contributed by atoms with Crippen molar-refractivity contribution in [3.63, 3.8) is 0 Å². The van der Waals surface area contributed by atoms with Crippen LogP contribution in [0.3, 0.4) is 0 Å². The Labute approximate surface area is 78.9 Å². The van der Waals surface area contributed by atoms with E-state index in [0.717, 1.165) is 6.20 Å². The van der Waals surface area contributed by atoms with Crippen molar-refractivity contribution in [2.24, 2.45) is 0 Å². The largest absolute Gasteiger partial charge is 0.451 e. The number of hydrogen-bond donors (Lipinski definition) is 0. The van der Waals surface area contributed by atoms with Gasteiger partial charge in [-0.2, -0.15) is 13.2 Å². The number of nitrogens with zero attached hydrogens (tertiary/aromatic N) is 2. The quantitative estimate of drug-likeness (QED) is 0.744. The van der Waals surface area contributed by atoms with Crippen molar-refractivity contribution in [1.82, 2.24) is 9.97 Å². The summed E-state index contributed by atoms with van der Waals surface area (Å²) in [6.45, 7) is 1.61. The number of rotatable bonds is 2. The molecular formula is C8H9F3N2O. The van der Waals surface area contributed by atoms with E-state index in [4.69, 9.17) is 4.74 Å². The van der Waals surface area contributed by atoms with Gasteiger partial charge in [-0.3, -0.25) is 0 Å². The summed E-state index contributed by atoms with van der Waals surface area (Å²) >= 11 is 0. The first-order chi connectivity index (χ1) is 6.45. The standard InChI is InChI=1S/C8H9F3N2O/c1-5(14-2)6-3-4-12-7(13-6)8(9,10)11/h3-5H,1-2H3. The van der Waals surface area contributed by atoms with E-state index in [0.29, 0.717) is 0 Å². The van der Waals surface area contributed by atoms with Crippen LogP contribution in [0.4, 0.5) is 13.2 Å². The van der Waals surface area contributed by atoms with Crippen LogP contribution in [0.5, 0.6) is 0 Å². The van der Waals surface area contributed by atoms with Gasteiger partial charge in [0.2, 0.25) is 5.82 Å². The highest BCUT2D eigenvalue weighted by atomic mass is 19.4. The number of aromatic nitrogens is 2. The summed E-state index contributed by atoms with van der Waals surface area (Å²) in [6.07, 6.45) is -3.91. The van der Waals surface area contributed by atoms with Gasteiger partial charge in [0.25, 0.3) is 0 Å². The molecule has 0 fully saturated rings. The normalized spacial score (nSPS) is 14.1. The third-order valence-electron chi connectivity index (χ3n) is 1.70. The number of hydrogen-bond acceptors (Lipinski definition) is 3. The summed E-state index contributed by atoms with van der Waals surface area (Å²) < 4.78 is 41.4. The highest BCUT2D eigenvalue weighted by Crippen LogP contribution is 2.26. The molecular weight excluding hydrogens is 197 g/mol. The molecule has 0 bridgehead atoms. The average molecular weight is 206 g/mol. The van der Waals surface area contributed by atoms with Crippen molar-refractivity contribution >= 4 is 0 Å². The number of halogens is 3. The lowest BCUT2D eigenvalue weighted by Crippen LogP contribution is -2.13. The van der Waals surface area contributed by atoms with Gasteiger partial charge in [0, 0.05) is 13.3 Å². The maximum absolute atomic E-state index is 12.2. The molecule has 0 aliphatic rings. The van der Waals surface area contributed by atoms with Gasteiger partial charge in [0.1, 0.15) is 0 Å². The lowest BCUT2D eigenvalue weighted by atomic mass is 10.3. The molecule has 14 heavy (non-hydrogen) atoms. The molecule has 78 valence electrons. The zero-order valence-electron chi connectivity index (χ0n) is 7.67. The van der Waals surface area contributed by atoms with E-state index in [1.54, 1.807) is 6.92 Å². The van der Waals surface area contributed by atoms with Crippen molar-refractivity contribution in [2.75, 3.05) is 7.11 Å². The third-order valence-corrected chi connectivity index (χ3v) is 1.70. The molecule has 0 spiro atoms. The van der Waals surface area contributed by atoms with Gasteiger partial charge in [0.05, 0.1) is 11.8 Å². The Morgan fingerprint density at radius 3 is 2.57 bits per heavy atom. The average Bonchev–Trinajstić information content (AvgIpc) is 2.15. The summed E-state index contributed by atoms with van der Waals surface area (Å²) in [4.78, 5) is 6.49. The maximum atomic E-state index is 12.2. The number of ether oxygens (including phenoxy) is 1. The topological polar surface area (TPSA) is 35.0 Å². The lowest BCUT2D eigenvalue weighted by Gasteiger charge is -2.10. The summed E-state index contributed by atoms with van der Waals surface area (Å²) in [5, 5.41) is 0. The van der Waals surface area contributed by atoms with Gasteiger partial charge in [-0.1, -0.05) is 0 Å². The predicted molar refractivity (Wildman–Crippen MR) is 42.5 cm³/mol. The smallest absolute Gasteiger partial charge is 0.375 e. The van der Waals surface area contributed by atoms with Crippen molar-refractivity contribution in [1.29, 1.82) is 0 Å². The van der Waals surface area contributed by atoms with Crippen LogP contribution in [0.2, 0.25) is 0 Å². The van der Waals surface area contributed by atoms with Gasteiger partial charge in [0.15, 0.2) is 0 Å². The molecule has 0 saturated carbocycles. The monoisotopic (exact) mass is 206 g/mol. The maximum Gasteiger partial charge on any atom is 0.451 e. The fourth-order valence-electron chi connectivity index (χ4n) is 0.856. The van der Waals surface area contributed by atoms with Gasteiger partial charge >= 0.3 is 6.18 Å². The molecule has 1 heterocycles. The molecule has 0 aromatic carbocycles. The molecule has 0 amide bonds. The highest BCUT2D eigenvalue weighted by molar-refractivity contribution is 5.06. The second-order valence-electron chi connectivity index (χ2n) is 2.68. The molecule has 0 N–H and O–H groups in total. The SMILES string of the molecule is COC(C)c1ccnc(C(F)(F)F)n1. The van der Waals surface area contributed by atoms with Crippen LogP contribution < -0.4 is 0 Å². The summed E-state index contributed by atoms with van der Waals surface area (Å²) in [5.74, 6) is -1.14. The Morgan fingerprint density at radius 2 is 2.07 bits per heavy atom. The van der Waals surface area contributed by atoms with Crippen molar-refractivity contribution in [3.05, 3.63) is 23.8 Å². The lowest BCUT2D eigenvalue weighted by molar-refractivity contribution is -0.145. The Kier molecular flexibility index (Phi) is 3.05. The van der Waals surface area contributed by atoms with Crippen LogP contribution in [0.25, 0.3) is 0 Å². The van der Waals surface area contributed by atoms with Crippen LogP contribution in [0.15, 0.2) is 12.3 Å². The van der Waals surface area contributed by atoms with Gasteiger partial charge in [-0.05, 0) is 13.0 Å². The van der Waals surface area contributed by atoms with Crippen LogP contribution >= 0.6 is 0 Å². The second-order valence-corrected chi connectivity index (χ2v) is 2.68. The molecule has 1 aromatic rings. The molecule has 3 nitrogen and oxygen atoms in total. The fraction of sp³-hybridized carbons (Fsp3) is 0.500. The van der Waals surface area contributed by atoms with E-state index in [2.05, 4.69) is 9.97 Å². The highest BCUT2D eigenvalue weighted by Gasteiger charge is 2.34. The third kappa shape index (κ3) is 2.41.